The van der Waals surface area contributed by atoms with E-state index in [-0.39, 0.29) is 17.5 Å². The third kappa shape index (κ3) is 2.29. The van der Waals surface area contributed by atoms with E-state index in [1.807, 2.05) is 0 Å². The number of aliphatic imine (C=N–C) groups is 2. The van der Waals surface area contributed by atoms with Crippen molar-refractivity contribution in [1.29, 1.82) is 0 Å². The number of guanidine groups is 2. The molecule has 0 aromatic heterocycles. The second-order valence-corrected chi connectivity index (χ2v) is 5.63. The number of rotatable bonds is 1. The van der Waals surface area contributed by atoms with Gasteiger partial charge in [-0.1, -0.05) is 12.3 Å². The van der Waals surface area contributed by atoms with E-state index in [9.17, 15) is 4.39 Å². The summed E-state index contributed by atoms with van der Waals surface area (Å²) in [6, 6.07) is 4.69. The molecule has 0 atom stereocenters. The van der Waals surface area contributed by atoms with Crippen molar-refractivity contribution < 1.29 is 4.39 Å². The first-order chi connectivity index (χ1) is 10.6. The fourth-order valence-electron chi connectivity index (χ4n) is 3.25. The molecule has 0 amide bonds. The molecule has 5 nitrogen and oxygen atoms in total. The molecule has 4 N–H and O–H groups in total. The standard InChI is InChI=1S/C16H18FN5/c1-2-11-6-7-12(10-13(11)17)22-15(19)20-14(18)21-16(22)8-4-3-5-9-16/h1,6-7,10H,3-5,8-9H2,(H4,18,19,20,21). The van der Waals surface area contributed by atoms with Crippen LogP contribution in [0.15, 0.2) is 28.2 Å². The molecular weight excluding hydrogens is 281 g/mol. The molecule has 22 heavy (non-hydrogen) atoms. The van der Waals surface area contributed by atoms with Gasteiger partial charge in [0.2, 0.25) is 11.9 Å². The lowest BCUT2D eigenvalue weighted by atomic mass is 9.87. The van der Waals surface area contributed by atoms with Gasteiger partial charge >= 0.3 is 0 Å². The van der Waals surface area contributed by atoms with Crippen LogP contribution in [0.4, 0.5) is 10.1 Å². The first-order valence-corrected chi connectivity index (χ1v) is 7.32. The van der Waals surface area contributed by atoms with Crippen molar-refractivity contribution in [3.63, 3.8) is 0 Å². The Hall–Kier alpha value is -2.55. The molecule has 1 aromatic rings. The van der Waals surface area contributed by atoms with Gasteiger partial charge in [-0.3, -0.25) is 4.90 Å². The van der Waals surface area contributed by atoms with Gasteiger partial charge in [0.25, 0.3) is 0 Å². The third-order valence-corrected chi connectivity index (χ3v) is 4.22. The number of nitrogens with zero attached hydrogens (tertiary/aromatic N) is 3. The predicted molar refractivity (Wildman–Crippen MR) is 85.9 cm³/mol. The lowest BCUT2D eigenvalue weighted by Crippen LogP contribution is -2.58. The number of terminal acetylenes is 1. The molecule has 0 saturated heterocycles. The highest BCUT2D eigenvalue weighted by molar-refractivity contribution is 6.05. The summed E-state index contributed by atoms with van der Waals surface area (Å²) in [5, 5.41) is 0. The Morgan fingerprint density at radius 2 is 1.95 bits per heavy atom. The molecule has 3 rings (SSSR count). The van der Waals surface area contributed by atoms with E-state index >= 15 is 0 Å². The summed E-state index contributed by atoms with van der Waals surface area (Å²) in [6.07, 6.45) is 10.1. The van der Waals surface area contributed by atoms with Crippen LogP contribution in [0.25, 0.3) is 0 Å². The van der Waals surface area contributed by atoms with Crippen molar-refractivity contribution in [1.82, 2.24) is 0 Å². The van der Waals surface area contributed by atoms with Crippen molar-refractivity contribution in [3.05, 3.63) is 29.6 Å². The van der Waals surface area contributed by atoms with Crippen LogP contribution in [0.5, 0.6) is 0 Å². The first kappa shape index (κ1) is 14.4. The van der Waals surface area contributed by atoms with Gasteiger partial charge in [0.15, 0.2) is 0 Å². The molecule has 1 aliphatic carbocycles. The maximum atomic E-state index is 14.1. The van der Waals surface area contributed by atoms with Crippen LogP contribution in [-0.4, -0.2) is 17.6 Å². The molecule has 1 fully saturated rings. The minimum absolute atomic E-state index is 0.177. The molecular formula is C16H18FN5. The monoisotopic (exact) mass is 299 g/mol. The van der Waals surface area contributed by atoms with Gasteiger partial charge in [0.1, 0.15) is 11.5 Å². The van der Waals surface area contributed by atoms with E-state index in [0.29, 0.717) is 5.69 Å². The van der Waals surface area contributed by atoms with Crippen LogP contribution in [0.2, 0.25) is 0 Å². The van der Waals surface area contributed by atoms with Crippen molar-refractivity contribution in [3.8, 4) is 12.3 Å². The van der Waals surface area contributed by atoms with Crippen molar-refractivity contribution >= 4 is 17.6 Å². The molecule has 1 aliphatic heterocycles. The Balaban J connectivity index is 2.08. The topological polar surface area (TPSA) is 80.0 Å². The number of benzene rings is 1. The number of hydrogen-bond donors (Lipinski definition) is 2. The highest BCUT2D eigenvalue weighted by atomic mass is 19.1. The molecule has 2 aliphatic rings. The second kappa shape index (κ2) is 5.34. The minimum atomic E-state index is -0.571. The van der Waals surface area contributed by atoms with Crippen LogP contribution >= 0.6 is 0 Å². The zero-order valence-electron chi connectivity index (χ0n) is 12.2. The molecule has 1 heterocycles. The average molecular weight is 299 g/mol. The third-order valence-electron chi connectivity index (χ3n) is 4.22. The zero-order chi connectivity index (χ0) is 15.7. The van der Waals surface area contributed by atoms with E-state index in [1.54, 1.807) is 17.0 Å². The molecule has 1 aromatic carbocycles. The van der Waals surface area contributed by atoms with Crippen molar-refractivity contribution in [2.45, 2.75) is 37.8 Å². The number of nitrogens with two attached hydrogens (primary N) is 2. The quantitative estimate of drug-likeness (QED) is 0.777. The summed E-state index contributed by atoms with van der Waals surface area (Å²) in [7, 11) is 0. The largest absolute Gasteiger partial charge is 0.369 e. The van der Waals surface area contributed by atoms with Gasteiger partial charge in [-0.2, -0.15) is 4.99 Å². The summed E-state index contributed by atoms with van der Waals surface area (Å²) in [5.74, 6) is 2.27. The fourth-order valence-corrected chi connectivity index (χ4v) is 3.25. The van der Waals surface area contributed by atoms with Gasteiger partial charge < -0.3 is 11.5 Å². The van der Waals surface area contributed by atoms with Crippen LogP contribution < -0.4 is 16.4 Å². The molecule has 0 radical (unpaired) electrons. The van der Waals surface area contributed by atoms with E-state index in [4.69, 9.17) is 17.9 Å². The van der Waals surface area contributed by atoms with E-state index in [2.05, 4.69) is 15.9 Å². The Morgan fingerprint density at radius 1 is 1.23 bits per heavy atom. The Bertz CT molecular complexity index is 695. The minimum Gasteiger partial charge on any atom is -0.369 e. The molecule has 114 valence electrons. The molecule has 0 unspecified atom stereocenters. The number of halogens is 1. The van der Waals surface area contributed by atoms with Gasteiger partial charge in [-0.25, -0.2) is 9.38 Å². The highest BCUT2D eigenvalue weighted by Gasteiger charge is 2.42. The summed E-state index contributed by atoms with van der Waals surface area (Å²) in [6.45, 7) is 0. The number of hydrogen-bond acceptors (Lipinski definition) is 5. The fraction of sp³-hybridized carbons (Fsp3) is 0.375. The van der Waals surface area contributed by atoms with Crippen LogP contribution in [-0.2, 0) is 0 Å². The molecule has 1 saturated carbocycles. The summed E-state index contributed by atoms with van der Waals surface area (Å²) >= 11 is 0. The van der Waals surface area contributed by atoms with Crippen LogP contribution in [0.1, 0.15) is 37.7 Å². The van der Waals surface area contributed by atoms with Crippen LogP contribution in [0.3, 0.4) is 0 Å². The number of anilines is 1. The van der Waals surface area contributed by atoms with E-state index in [1.165, 1.54) is 6.07 Å². The van der Waals surface area contributed by atoms with Gasteiger partial charge in [0.05, 0.1) is 5.56 Å². The summed E-state index contributed by atoms with van der Waals surface area (Å²) in [4.78, 5) is 10.4. The lowest BCUT2D eigenvalue weighted by Gasteiger charge is -2.45. The Labute approximate surface area is 128 Å². The highest BCUT2D eigenvalue weighted by Crippen LogP contribution is 2.39. The van der Waals surface area contributed by atoms with E-state index in [0.717, 1.165) is 32.1 Å². The van der Waals surface area contributed by atoms with Gasteiger partial charge in [-0.05, 0) is 43.9 Å². The maximum absolute atomic E-state index is 14.1. The zero-order valence-corrected chi connectivity index (χ0v) is 12.2. The summed E-state index contributed by atoms with van der Waals surface area (Å²) < 4.78 is 14.1. The van der Waals surface area contributed by atoms with Crippen molar-refractivity contribution in [2.24, 2.45) is 21.5 Å². The Kier molecular flexibility index (Phi) is 3.49. The SMILES string of the molecule is C#Cc1ccc(N2C(N)=NC(N)=NC23CCCCC3)cc1F. The maximum Gasteiger partial charge on any atom is 0.220 e. The lowest BCUT2D eigenvalue weighted by molar-refractivity contribution is 0.305. The van der Waals surface area contributed by atoms with Gasteiger partial charge in [0, 0.05) is 5.69 Å². The van der Waals surface area contributed by atoms with Crippen molar-refractivity contribution in [2.75, 3.05) is 4.90 Å². The molecule has 1 spiro atoms. The summed E-state index contributed by atoms with van der Waals surface area (Å²) in [5.41, 5.74) is 12.1. The Morgan fingerprint density at radius 3 is 2.59 bits per heavy atom. The van der Waals surface area contributed by atoms with Crippen LogP contribution in [0, 0.1) is 18.2 Å². The predicted octanol–water partition coefficient (Wildman–Crippen LogP) is 1.92. The second-order valence-electron chi connectivity index (χ2n) is 5.63. The first-order valence-electron chi connectivity index (χ1n) is 7.32. The van der Waals surface area contributed by atoms with Gasteiger partial charge in [-0.15, -0.1) is 6.42 Å². The molecule has 0 bridgehead atoms. The normalized spacial score (nSPS) is 20.3. The average Bonchev–Trinajstić information content (AvgIpc) is 2.47. The molecule has 6 heteroatoms. The smallest absolute Gasteiger partial charge is 0.220 e. The van der Waals surface area contributed by atoms with E-state index < -0.39 is 11.5 Å².